The summed E-state index contributed by atoms with van der Waals surface area (Å²) in [5.41, 5.74) is 5.75. The highest BCUT2D eigenvalue weighted by molar-refractivity contribution is 6.30. The van der Waals surface area contributed by atoms with Gasteiger partial charge < -0.3 is 5.32 Å². The van der Waals surface area contributed by atoms with Gasteiger partial charge in [0.05, 0.1) is 17.1 Å². The number of aryl methyl sites for hydroxylation is 2. The molecule has 0 spiro atoms. The summed E-state index contributed by atoms with van der Waals surface area (Å²) in [4.78, 5) is 8.93. The van der Waals surface area contributed by atoms with Gasteiger partial charge in [0.1, 0.15) is 0 Å². The molecule has 2 aromatic carbocycles. The van der Waals surface area contributed by atoms with Crippen molar-refractivity contribution < 1.29 is 0 Å². The zero-order valence-corrected chi connectivity index (χ0v) is 15.8. The van der Waals surface area contributed by atoms with E-state index in [1.807, 2.05) is 48.1 Å². The molecule has 0 saturated heterocycles. The normalized spacial score (nSPS) is 10.8. The topological polar surface area (TPSA) is 55.6 Å². The fourth-order valence-electron chi connectivity index (χ4n) is 2.81. The molecule has 1 N–H and O–H groups in total. The largest absolute Gasteiger partial charge is 0.324 e. The summed E-state index contributed by atoms with van der Waals surface area (Å²) in [5, 5.41) is 8.47. The number of anilines is 2. The first-order valence-electron chi connectivity index (χ1n) is 8.58. The molecule has 0 fully saturated rings. The molecule has 0 aliphatic heterocycles. The standard InChI is InChI=1S/C21H18ClN5/c1-14-6-8-18(9-7-14)27-13-19(15(2)26-27)20-10-11-23-21(25-20)24-17-5-3-4-16(22)12-17/h3-13H,1-2H3,(H,23,24,25). The van der Waals surface area contributed by atoms with Gasteiger partial charge in [0.25, 0.3) is 0 Å². The number of nitrogens with one attached hydrogen (secondary N) is 1. The SMILES string of the molecule is Cc1ccc(-n2cc(-c3ccnc(Nc4cccc(Cl)c4)n3)c(C)n2)cc1. The van der Waals surface area contributed by atoms with Crippen molar-refractivity contribution in [2.75, 3.05) is 5.32 Å². The summed E-state index contributed by atoms with van der Waals surface area (Å²) >= 11 is 6.04. The molecule has 0 unspecified atom stereocenters. The second-order valence-electron chi connectivity index (χ2n) is 6.31. The van der Waals surface area contributed by atoms with E-state index >= 15 is 0 Å². The lowest BCUT2D eigenvalue weighted by Crippen LogP contribution is -1.97. The van der Waals surface area contributed by atoms with Gasteiger partial charge in [-0.25, -0.2) is 14.6 Å². The van der Waals surface area contributed by atoms with E-state index in [0.717, 1.165) is 28.3 Å². The molecule has 0 radical (unpaired) electrons. The Morgan fingerprint density at radius 2 is 1.81 bits per heavy atom. The van der Waals surface area contributed by atoms with Gasteiger partial charge in [0, 0.05) is 28.7 Å². The van der Waals surface area contributed by atoms with Gasteiger partial charge in [0.2, 0.25) is 5.95 Å². The summed E-state index contributed by atoms with van der Waals surface area (Å²) in [6.45, 7) is 4.05. The van der Waals surface area contributed by atoms with Gasteiger partial charge in [0.15, 0.2) is 0 Å². The van der Waals surface area contributed by atoms with Gasteiger partial charge in [-0.05, 0) is 50.2 Å². The van der Waals surface area contributed by atoms with Crippen LogP contribution in [0.3, 0.4) is 0 Å². The average molecular weight is 376 g/mol. The van der Waals surface area contributed by atoms with E-state index in [-0.39, 0.29) is 0 Å². The molecule has 4 aromatic rings. The van der Waals surface area contributed by atoms with E-state index in [1.165, 1.54) is 5.56 Å². The molecule has 2 aromatic heterocycles. The molecule has 4 rings (SSSR count). The second-order valence-corrected chi connectivity index (χ2v) is 6.75. The minimum absolute atomic E-state index is 0.511. The predicted molar refractivity (Wildman–Crippen MR) is 109 cm³/mol. The summed E-state index contributed by atoms with van der Waals surface area (Å²) in [6.07, 6.45) is 3.73. The highest BCUT2D eigenvalue weighted by atomic mass is 35.5. The number of benzene rings is 2. The minimum atomic E-state index is 0.511. The summed E-state index contributed by atoms with van der Waals surface area (Å²) in [5.74, 6) is 0.511. The lowest BCUT2D eigenvalue weighted by Gasteiger charge is -2.06. The van der Waals surface area contributed by atoms with E-state index < -0.39 is 0 Å². The Hall–Kier alpha value is -3.18. The van der Waals surface area contributed by atoms with Gasteiger partial charge in [-0.2, -0.15) is 5.10 Å². The summed E-state index contributed by atoms with van der Waals surface area (Å²) in [7, 11) is 0. The molecule has 0 saturated carbocycles. The Bertz CT molecular complexity index is 1090. The lowest BCUT2D eigenvalue weighted by atomic mass is 10.2. The smallest absolute Gasteiger partial charge is 0.227 e. The quantitative estimate of drug-likeness (QED) is 0.522. The molecule has 6 heteroatoms. The van der Waals surface area contributed by atoms with Crippen molar-refractivity contribution in [3.63, 3.8) is 0 Å². The van der Waals surface area contributed by atoms with Gasteiger partial charge >= 0.3 is 0 Å². The van der Waals surface area contributed by atoms with E-state index in [2.05, 4.69) is 51.6 Å². The number of nitrogens with zero attached hydrogens (tertiary/aromatic N) is 4. The van der Waals surface area contributed by atoms with Crippen molar-refractivity contribution in [3.8, 4) is 16.9 Å². The van der Waals surface area contributed by atoms with Crippen molar-refractivity contribution >= 4 is 23.2 Å². The number of aromatic nitrogens is 4. The van der Waals surface area contributed by atoms with Crippen LogP contribution in [0.5, 0.6) is 0 Å². The third-order valence-corrected chi connectivity index (χ3v) is 4.44. The van der Waals surface area contributed by atoms with E-state index in [4.69, 9.17) is 11.6 Å². The highest BCUT2D eigenvalue weighted by Gasteiger charge is 2.11. The first kappa shape index (κ1) is 17.2. The van der Waals surface area contributed by atoms with Crippen LogP contribution in [0.1, 0.15) is 11.3 Å². The van der Waals surface area contributed by atoms with Crippen molar-refractivity contribution in [2.45, 2.75) is 13.8 Å². The Kier molecular flexibility index (Phi) is 4.60. The van der Waals surface area contributed by atoms with Crippen LogP contribution in [0.25, 0.3) is 16.9 Å². The average Bonchev–Trinajstić information content (AvgIpc) is 3.04. The summed E-state index contributed by atoms with van der Waals surface area (Å²) in [6, 6.07) is 17.6. The van der Waals surface area contributed by atoms with Crippen molar-refractivity contribution in [1.29, 1.82) is 0 Å². The van der Waals surface area contributed by atoms with E-state index in [1.54, 1.807) is 6.20 Å². The Morgan fingerprint density at radius 1 is 1.00 bits per heavy atom. The fraction of sp³-hybridized carbons (Fsp3) is 0.0952. The molecular formula is C21H18ClN5. The van der Waals surface area contributed by atoms with Gasteiger partial charge in [-0.1, -0.05) is 35.4 Å². The molecule has 0 aliphatic rings. The molecule has 0 bridgehead atoms. The zero-order valence-electron chi connectivity index (χ0n) is 15.0. The van der Waals surface area contributed by atoms with Crippen molar-refractivity contribution in [1.82, 2.24) is 19.7 Å². The molecule has 2 heterocycles. The molecule has 27 heavy (non-hydrogen) atoms. The second kappa shape index (κ2) is 7.21. The van der Waals surface area contributed by atoms with Crippen LogP contribution in [-0.4, -0.2) is 19.7 Å². The van der Waals surface area contributed by atoms with Gasteiger partial charge in [-0.3, -0.25) is 0 Å². The molecule has 134 valence electrons. The Labute approximate surface area is 162 Å². The predicted octanol–water partition coefficient (Wildman–Crippen LogP) is 5.34. The first-order chi connectivity index (χ1) is 13.1. The first-order valence-corrected chi connectivity index (χ1v) is 8.95. The number of halogens is 1. The minimum Gasteiger partial charge on any atom is -0.324 e. The van der Waals surface area contributed by atoms with Crippen LogP contribution in [0.15, 0.2) is 67.0 Å². The lowest BCUT2D eigenvalue weighted by molar-refractivity contribution is 0.862. The maximum Gasteiger partial charge on any atom is 0.227 e. The summed E-state index contributed by atoms with van der Waals surface area (Å²) < 4.78 is 1.87. The maximum atomic E-state index is 6.04. The Morgan fingerprint density at radius 3 is 2.59 bits per heavy atom. The molecule has 0 amide bonds. The molecule has 0 aliphatic carbocycles. The third kappa shape index (κ3) is 3.83. The monoisotopic (exact) mass is 375 g/mol. The highest BCUT2D eigenvalue weighted by Crippen LogP contribution is 2.24. The molecule has 5 nitrogen and oxygen atoms in total. The van der Waals surface area contributed by atoms with Crippen LogP contribution in [0, 0.1) is 13.8 Å². The van der Waals surface area contributed by atoms with Crippen LogP contribution < -0.4 is 5.32 Å². The maximum absolute atomic E-state index is 6.04. The fourth-order valence-corrected chi connectivity index (χ4v) is 3.00. The third-order valence-electron chi connectivity index (χ3n) is 4.21. The van der Waals surface area contributed by atoms with Crippen molar-refractivity contribution in [3.05, 3.63) is 83.3 Å². The number of hydrogen-bond donors (Lipinski definition) is 1. The van der Waals surface area contributed by atoms with Crippen LogP contribution in [0.2, 0.25) is 5.02 Å². The van der Waals surface area contributed by atoms with Gasteiger partial charge in [-0.15, -0.1) is 0 Å². The van der Waals surface area contributed by atoms with Crippen LogP contribution in [0.4, 0.5) is 11.6 Å². The van der Waals surface area contributed by atoms with E-state index in [9.17, 15) is 0 Å². The van der Waals surface area contributed by atoms with Crippen LogP contribution >= 0.6 is 11.6 Å². The number of hydrogen-bond acceptors (Lipinski definition) is 4. The van der Waals surface area contributed by atoms with Crippen molar-refractivity contribution in [2.24, 2.45) is 0 Å². The molecule has 0 atom stereocenters. The molecular weight excluding hydrogens is 358 g/mol. The number of rotatable bonds is 4. The van der Waals surface area contributed by atoms with Crippen LogP contribution in [-0.2, 0) is 0 Å². The Balaban J connectivity index is 1.65. The van der Waals surface area contributed by atoms with E-state index in [0.29, 0.717) is 11.0 Å². The zero-order chi connectivity index (χ0) is 18.8.